The highest BCUT2D eigenvalue weighted by molar-refractivity contribution is 6.42. The molecular formula is C24H28Cl2N2O3. The molecule has 0 heterocycles. The second-order valence-electron chi connectivity index (χ2n) is 7.99. The van der Waals surface area contributed by atoms with Crippen molar-refractivity contribution >= 4 is 35.0 Å². The zero-order valence-corrected chi connectivity index (χ0v) is 19.4. The average Bonchev–Trinajstić information content (AvgIpc) is 3.26. The summed E-state index contributed by atoms with van der Waals surface area (Å²) in [5, 5.41) is 3.93. The van der Waals surface area contributed by atoms with Crippen LogP contribution in [-0.4, -0.2) is 35.4 Å². The van der Waals surface area contributed by atoms with Crippen molar-refractivity contribution in [3.05, 3.63) is 63.6 Å². The van der Waals surface area contributed by atoms with E-state index in [1.165, 1.54) is 4.90 Å². The molecule has 1 aliphatic carbocycles. The number of aryl methyl sites for hydroxylation is 1. The fourth-order valence-electron chi connectivity index (χ4n) is 3.75. The normalized spacial score (nSPS) is 14.8. The number of hydrogen-bond acceptors (Lipinski definition) is 3. The summed E-state index contributed by atoms with van der Waals surface area (Å²) in [4.78, 5) is 27.6. The van der Waals surface area contributed by atoms with E-state index in [0.29, 0.717) is 15.8 Å². The minimum Gasteiger partial charge on any atom is -0.484 e. The van der Waals surface area contributed by atoms with Gasteiger partial charge < -0.3 is 15.0 Å². The van der Waals surface area contributed by atoms with Crippen LogP contribution in [0.1, 0.15) is 43.7 Å². The summed E-state index contributed by atoms with van der Waals surface area (Å²) in [5.41, 5.74) is 1.73. The summed E-state index contributed by atoms with van der Waals surface area (Å²) < 4.78 is 5.75. The van der Waals surface area contributed by atoms with Crippen molar-refractivity contribution in [2.75, 3.05) is 6.61 Å². The van der Waals surface area contributed by atoms with E-state index in [2.05, 4.69) is 5.32 Å². The molecule has 2 amide bonds. The summed E-state index contributed by atoms with van der Waals surface area (Å²) in [6, 6.07) is 12.3. The van der Waals surface area contributed by atoms with E-state index in [-0.39, 0.29) is 31.0 Å². The molecule has 1 atom stereocenters. The Bertz CT molecular complexity index is 929. The smallest absolute Gasteiger partial charge is 0.261 e. The molecule has 1 fully saturated rings. The van der Waals surface area contributed by atoms with Crippen LogP contribution < -0.4 is 10.1 Å². The van der Waals surface area contributed by atoms with Crippen LogP contribution in [0.4, 0.5) is 0 Å². The second-order valence-corrected chi connectivity index (χ2v) is 8.80. The van der Waals surface area contributed by atoms with E-state index in [0.717, 1.165) is 36.8 Å². The Hall–Kier alpha value is -2.24. The van der Waals surface area contributed by atoms with Crippen LogP contribution >= 0.6 is 23.2 Å². The molecule has 0 aromatic heterocycles. The number of para-hydroxylation sites is 1. The number of carbonyl (C=O) groups excluding carboxylic acids is 2. The lowest BCUT2D eigenvalue weighted by Crippen LogP contribution is -2.50. The maximum atomic E-state index is 13.1. The molecule has 0 unspecified atom stereocenters. The predicted molar refractivity (Wildman–Crippen MR) is 124 cm³/mol. The Morgan fingerprint density at radius 2 is 1.84 bits per heavy atom. The predicted octanol–water partition coefficient (Wildman–Crippen LogP) is 5.16. The molecule has 2 aromatic rings. The second kappa shape index (κ2) is 10.9. The molecular weight excluding hydrogens is 435 g/mol. The summed E-state index contributed by atoms with van der Waals surface area (Å²) in [5.74, 6) is 0.216. The molecule has 1 aliphatic rings. The van der Waals surface area contributed by atoms with Gasteiger partial charge >= 0.3 is 0 Å². The molecule has 2 aromatic carbocycles. The Kier molecular flexibility index (Phi) is 8.22. The van der Waals surface area contributed by atoms with E-state index in [9.17, 15) is 9.59 Å². The minimum atomic E-state index is -0.650. The number of rotatable bonds is 8. The third-order valence-corrected chi connectivity index (χ3v) is 6.39. The van der Waals surface area contributed by atoms with Crippen molar-refractivity contribution in [1.82, 2.24) is 10.2 Å². The van der Waals surface area contributed by atoms with Gasteiger partial charge in [-0.05, 0) is 56.0 Å². The summed E-state index contributed by atoms with van der Waals surface area (Å²) >= 11 is 12.2. The maximum absolute atomic E-state index is 13.1. The SMILES string of the molecule is Cc1ccccc1OCC(=O)N(Cc1ccc(Cl)c(Cl)c1)[C@@H](C)C(=O)NC1CCCC1. The van der Waals surface area contributed by atoms with Crippen molar-refractivity contribution in [3.63, 3.8) is 0 Å². The standard InChI is InChI=1S/C24H28Cl2N2O3/c1-16-7-3-6-10-22(16)31-15-23(29)28(14-18-11-12-20(25)21(26)13-18)17(2)24(30)27-19-8-4-5-9-19/h3,6-7,10-13,17,19H,4-5,8-9,14-15H2,1-2H3,(H,27,30)/t17-/m0/s1. The van der Waals surface area contributed by atoms with Crippen molar-refractivity contribution in [3.8, 4) is 5.75 Å². The van der Waals surface area contributed by atoms with E-state index in [1.54, 1.807) is 25.1 Å². The Labute approximate surface area is 193 Å². The third-order valence-electron chi connectivity index (χ3n) is 5.65. The van der Waals surface area contributed by atoms with Crippen LogP contribution in [0.3, 0.4) is 0 Å². The highest BCUT2D eigenvalue weighted by atomic mass is 35.5. The van der Waals surface area contributed by atoms with Gasteiger partial charge in [-0.25, -0.2) is 0 Å². The zero-order chi connectivity index (χ0) is 22.4. The van der Waals surface area contributed by atoms with E-state index in [4.69, 9.17) is 27.9 Å². The number of hydrogen-bond donors (Lipinski definition) is 1. The monoisotopic (exact) mass is 462 g/mol. The van der Waals surface area contributed by atoms with E-state index in [1.807, 2.05) is 31.2 Å². The highest BCUT2D eigenvalue weighted by Crippen LogP contribution is 2.24. The summed E-state index contributed by atoms with van der Waals surface area (Å²) in [6.45, 7) is 3.73. The van der Waals surface area contributed by atoms with Crippen LogP contribution in [0.2, 0.25) is 10.0 Å². The molecule has 0 spiro atoms. The van der Waals surface area contributed by atoms with Gasteiger partial charge in [0.2, 0.25) is 5.91 Å². The summed E-state index contributed by atoms with van der Waals surface area (Å²) in [6.07, 6.45) is 4.20. The molecule has 3 rings (SSSR count). The van der Waals surface area contributed by atoms with Gasteiger partial charge in [0.1, 0.15) is 11.8 Å². The third kappa shape index (κ3) is 6.37. The lowest BCUT2D eigenvalue weighted by Gasteiger charge is -2.30. The van der Waals surface area contributed by atoms with Crippen LogP contribution in [-0.2, 0) is 16.1 Å². The molecule has 1 saturated carbocycles. The quantitative estimate of drug-likeness (QED) is 0.589. The number of carbonyl (C=O) groups is 2. The van der Waals surface area contributed by atoms with Gasteiger partial charge in [-0.15, -0.1) is 0 Å². The Morgan fingerprint density at radius 3 is 2.52 bits per heavy atom. The summed E-state index contributed by atoms with van der Waals surface area (Å²) in [7, 11) is 0. The topological polar surface area (TPSA) is 58.6 Å². The van der Waals surface area contributed by atoms with Crippen molar-refractivity contribution in [2.24, 2.45) is 0 Å². The van der Waals surface area contributed by atoms with E-state index >= 15 is 0 Å². The van der Waals surface area contributed by atoms with E-state index < -0.39 is 6.04 Å². The van der Waals surface area contributed by atoms with Crippen LogP contribution in [0.15, 0.2) is 42.5 Å². The zero-order valence-electron chi connectivity index (χ0n) is 17.9. The van der Waals surface area contributed by atoms with Gasteiger partial charge in [0.25, 0.3) is 5.91 Å². The fraction of sp³-hybridized carbons (Fsp3) is 0.417. The minimum absolute atomic E-state index is 0.156. The average molecular weight is 463 g/mol. The fourth-order valence-corrected chi connectivity index (χ4v) is 4.07. The van der Waals surface area contributed by atoms with Gasteiger partial charge in [-0.3, -0.25) is 9.59 Å². The lowest BCUT2D eigenvalue weighted by atomic mass is 10.1. The molecule has 0 saturated heterocycles. The van der Waals surface area contributed by atoms with Gasteiger partial charge in [0, 0.05) is 12.6 Å². The van der Waals surface area contributed by atoms with Gasteiger partial charge in [0.15, 0.2) is 6.61 Å². The molecule has 1 N–H and O–H groups in total. The Balaban J connectivity index is 1.74. The van der Waals surface area contributed by atoms with Crippen LogP contribution in [0.5, 0.6) is 5.75 Å². The number of benzene rings is 2. The maximum Gasteiger partial charge on any atom is 0.261 e. The first-order valence-corrected chi connectivity index (χ1v) is 11.3. The molecule has 7 heteroatoms. The molecule has 5 nitrogen and oxygen atoms in total. The number of nitrogens with zero attached hydrogens (tertiary/aromatic N) is 1. The van der Waals surface area contributed by atoms with Crippen LogP contribution in [0, 0.1) is 6.92 Å². The molecule has 0 aliphatic heterocycles. The molecule has 166 valence electrons. The first-order chi connectivity index (χ1) is 14.8. The number of halogens is 2. The Morgan fingerprint density at radius 1 is 1.13 bits per heavy atom. The van der Waals surface area contributed by atoms with Gasteiger partial charge in [-0.1, -0.05) is 60.3 Å². The lowest BCUT2D eigenvalue weighted by molar-refractivity contribution is -0.142. The van der Waals surface area contributed by atoms with Crippen molar-refractivity contribution < 1.29 is 14.3 Å². The van der Waals surface area contributed by atoms with Crippen molar-refractivity contribution in [2.45, 2.75) is 58.2 Å². The van der Waals surface area contributed by atoms with Gasteiger partial charge in [-0.2, -0.15) is 0 Å². The number of nitrogens with one attached hydrogen (secondary N) is 1. The first kappa shape index (κ1) is 23.4. The largest absolute Gasteiger partial charge is 0.484 e. The van der Waals surface area contributed by atoms with Crippen molar-refractivity contribution in [1.29, 1.82) is 0 Å². The first-order valence-electron chi connectivity index (χ1n) is 10.6. The van der Waals surface area contributed by atoms with Crippen LogP contribution in [0.25, 0.3) is 0 Å². The molecule has 0 radical (unpaired) electrons. The molecule has 31 heavy (non-hydrogen) atoms. The number of ether oxygens (including phenoxy) is 1. The number of amides is 2. The highest BCUT2D eigenvalue weighted by Gasteiger charge is 2.29. The molecule has 0 bridgehead atoms. The van der Waals surface area contributed by atoms with Gasteiger partial charge in [0.05, 0.1) is 10.0 Å².